The van der Waals surface area contributed by atoms with E-state index < -0.39 is 0 Å². The van der Waals surface area contributed by atoms with E-state index in [1.54, 1.807) is 11.3 Å². The van der Waals surface area contributed by atoms with Gasteiger partial charge in [-0.3, -0.25) is 0 Å². The Kier molecular flexibility index (Phi) is 4.20. The summed E-state index contributed by atoms with van der Waals surface area (Å²) in [7, 11) is 1.93. The zero-order valence-corrected chi connectivity index (χ0v) is 12.7. The number of thiazole rings is 1. The van der Waals surface area contributed by atoms with Crippen molar-refractivity contribution in [1.82, 2.24) is 10.3 Å². The number of halogens is 2. The highest BCUT2D eigenvalue weighted by molar-refractivity contribution is 9.10. The quantitative estimate of drug-likeness (QED) is 0.913. The number of rotatable bonds is 3. The van der Waals surface area contributed by atoms with Gasteiger partial charge in [0.1, 0.15) is 5.01 Å². The molecule has 0 saturated heterocycles. The fraction of sp³-hybridized carbons (Fsp3) is 0.250. The van der Waals surface area contributed by atoms with Gasteiger partial charge < -0.3 is 5.32 Å². The van der Waals surface area contributed by atoms with Gasteiger partial charge in [0.15, 0.2) is 0 Å². The van der Waals surface area contributed by atoms with Crippen LogP contribution in [0, 0.1) is 6.92 Å². The number of aryl methyl sites for hydroxylation is 1. The molecule has 1 unspecified atom stereocenters. The molecule has 0 aliphatic heterocycles. The third-order valence-corrected chi connectivity index (χ3v) is 4.43. The molecule has 2 rings (SSSR count). The number of aromatic nitrogens is 1. The molecule has 90 valence electrons. The van der Waals surface area contributed by atoms with Gasteiger partial charge in [0.05, 0.1) is 6.04 Å². The molecule has 5 heteroatoms. The van der Waals surface area contributed by atoms with Crippen LogP contribution in [-0.4, -0.2) is 12.0 Å². The maximum absolute atomic E-state index is 6.04. The molecule has 0 radical (unpaired) electrons. The third-order valence-electron chi connectivity index (χ3n) is 2.44. The van der Waals surface area contributed by atoms with Crippen LogP contribution in [0.4, 0.5) is 0 Å². The summed E-state index contributed by atoms with van der Waals surface area (Å²) >= 11 is 11.3. The lowest BCUT2D eigenvalue weighted by atomic mass is 10.1. The van der Waals surface area contributed by atoms with Crippen LogP contribution in [-0.2, 0) is 0 Å². The van der Waals surface area contributed by atoms with E-state index in [2.05, 4.69) is 31.6 Å². The van der Waals surface area contributed by atoms with Crippen molar-refractivity contribution in [3.8, 4) is 0 Å². The number of hydrogen-bond acceptors (Lipinski definition) is 3. The first-order chi connectivity index (χ1) is 8.11. The van der Waals surface area contributed by atoms with Crippen LogP contribution < -0.4 is 5.32 Å². The fourth-order valence-electron chi connectivity index (χ4n) is 1.65. The van der Waals surface area contributed by atoms with Crippen molar-refractivity contribution in [3.05, 3.63) is 49.3 Å². The molecule has 0 saturated carbocycles. The van der Waals surface area contributed by atoms with E-state index in [-0.39, 0.29) is 6.04 Å². The first-order valence-corrected chi connectivity index (χ1v) is 7.21. The lowest BCUT2D eigenvalue weighted by Crippen LogP contribution is -2.18. The smallest absolute Gasteiger partial charge is 0.114 e. The van der Waals surface area contributed by atoms with E-state index in [9.17, 15) is 0 Å². The van der Waals surface area contributed by atoms with E-state index in [0.717, 1.165) is 25.8 Å². The normalized spacial score (nSPS) is 12.7. The van der Waals surface area contributed by atoms with Crippen LogP contribution in [0.25, 0.3) is 0 Å². The molecule has 17 heavy (non-hydrogen) atoms. The van der Waals surface area contributed by atoms with Gasteiger partial charge in [-0.25, -0.2) is 4.98 Å². The summed E-state index contributed by atoms with van der Waals surface area (Å²) in [5, 5.41) is 7.11. The molecule has 1 aromatic carbocycles. The van der Waals surface area contributed by atoms with Crippen molar-refractivity contribution >= 4 is 38.9 Å². The Balaban J connectivity index is 2.45. The molecule has 2 aromatic rings. The standard InChI is InChI=1S/C12H12BrClN2S/c1-7-6-17-12(16-7)11(15-2)9-5-8(14)3-4-10(9)13/h3-6,11,15H,1-2H3. The highest BCUT2D eigenvalue weighted by Gasteiger charge is 2.18. The molecule has 0 bridgehead atoms. The zero-order chi connectivity index (χ0) is 12.4. The number of hydrogen-bond donors (Lipinski definition) is 1. The van der Waals surface area contributed by atoms with Gasteiger partial charge in [0.25, 0.3) is 0 Å². The van der Waals surface area contributed by atoms with Gasteiger partial charge in [0.2, 0.25) is 0 Å². The predicted molar refractivity (Wildman–Crippen MR) is 76.9 cm³/mol. The lowest BCUT2D eigenvalue weighted by molar-refractivity contribution is 0.682. The molecule has 0 aliphatic carbocycles. The SMILES string of the molecule is CNC(c1nc(C)cs1)c1cc(Cl)ccc1Br. The van der Waals surface area contributed by atoms with Crippen LogP contribution in [0.1, 0.15) is 22.3 Å². The highest BCUT2D eigenvalue weighted by Crippen LogP contribution is 2.32. The fourth-order valence-corrected chi connectivity index (χ4v) is 3.23. The second kappa shape index (κ2) is 5.48. The second-order valence-corrected chi connectivity index (χ2v) is 5.90. The minimum Gasteiger partial charge on any atom is -0.307 e. The minimum atomic E-state index is 0.0711. The van der Waals surface area contributed by atoms with Gasteiger partial charge in [-0.1, -0.05) is 27.5 Å². The Hall–Kier alpha value is -0.420. The molecule has 0 aliphatic rings. The Morgan fingerprint density at radius 3 is 2.82 bits per heavy atom. The molecule has 1 heterocycles. The van der Waals surface area contributed by atoms with Crippen LogP contribution in [0.5, 0.6) is 0 Å². The summed E-state index contributed by atoms with van der Waals surface area (Å²) in [6.07, 6.45) is 0. The van der Waals surface area contributed by atoms with E-state index >= 15 is 0 Å². The van der Waals surface area contributed by atoms with E-state index in [0.29, 0.717) is 0 Å². The number of nitrogens with zero attached hydrogens (tertiary/aromatic N) is 1. The van der Waals surface area contributed by atoms with Gasteiger partial charge >= 0.3 is 0 Å². The first-order valence-electron chi connectivity index (χ1n) is 5.16. The highest BCUT2D eigenvalue weighted by atomic mass is 79.9. The van der Waals surface area contributed by atoms with Crippen molar-refractivity contribution in [1.29, 1.82) is 0 Å². The van der Waals surface area contributed by atoms with Crippen LogP contribution >= 0.6 is 38.9 Å². The Morgan fingerprint density at radius 1 is 1.47 bits per heavy atom. The van der Waals surface area contributed by atoms with Gasteiger partial charge in [-0.15, -0.1) is 11.3 Å². The minimum absolute atomic E-state index is 0.0711. The second-order valence-electron chi connectivity index (χ2n) is 3.71. The Bertz CT molecular complexity index is 527. The van der Waals surface area contributed by atoms with Crippen molar-refractivity contribution in [2.75, 3.05) is 7.05 Å². The maximum atomic E-state index is 6.04. The van der Waals surface area contributed by atoms with Gasteiger partial charge in [-0.2, -0.15) is 0 Å². The first kappa shape index (κ1) is 13.0. The molecule has 0 spiro atoms. The van der Waals surface area contributed by atoms with Crippen molar-refractivity contribution < 1.29 is 0 Å². The maximum Gasteiger partial charge on any atom is 0.114 e. The van der Waals surface area contributed by atoms with E-state index in [1.165, 1.54) is 0 Å². The third kappa shape index (κ3) is 2.88. The zero-order valence-electron chi connectivity index (χ0n) is 9.50. The summed E-state index contributed by atoms with van der Waals surface area (Å²) in [5.74, 6) is 0. The average Bonchev–Trinajstić information content (AvgIpc) is 2.71. The number of benzene rings is 1. The summed E-state index contributed by atoms with van der Waals surface area (Å²) in [5.41, 5.74) is 2.15. The molecule has 0 amide bonds. The molecule has 1 N–H and O–H groups in total. The molecular weight excluding hydrogens is 320 g/mol. The van der Waals surface area contributed by atoms with Crippen molar-refractivity contribution in [2.24, 2.45) is 0 Å². The summed E-state index contributed by atoms with van der Waals surface area (Å²) in [4.78, 5) is 4.52. The topological polar surface area (TPSA) is 24.9 Å². The Labute approximate surface area is 118 Å². The van der Waals surface area contributed by atoms with Gasteiger partial charge in [-0.05, 0) is 37.7 Å². The van der Waals surface area contributed by atoms with Crippen LogP contribution in [0.2, 0.25) is 5.02 Å². The monoisotopic (exact) mass is 330 g/mol. The molecule has 1 aromatic heterocycles. The molecule has 0 fully saturated rings. The number of nitrogens with one attached hydrogen (secondary N) is 1. The van der Waals surface area contributed by atoms with E-state index in [4.69, 9.17) is 11.6 Å². The van der Waals surface area contributed by atoms with Crippen LogP contribution in [0.15, 0.2) is 28.1 Å². The summed E-state index contributed by atoms with van der Waals surface area (Å²) in [6, 6.07) is 5.86. The molecular formula is C12H12BrClN2S. The van der Waals surface area contributed by atoms with Crippen LogP contribution in [0.3, 0.4) is 0 Å². The van der Waals surface area contributed by atoms with Crippen molar-refractivity contribution in [3.63, 3.8) is 0 Å². The molecule has 1 atom stereocenters. The van der Waals surface area contributed by atoms with Gasteiger partial charge in [0, 0.05) is 20.6 Å². The summed E-state index contributed by atoms with van der Waals surface area (Å²) < 4.78 is 1.04. The van der Waals surface area contributed by atoms with E-state index in [1.807, 2.05) is 32.2 Å². The molecule has 2 nitrogen and oxygen atoms in total. The van der Waals surface area contributed by atoms with Crippen molar-refractivity contribution in [2.45, 2.75) is 13.0 Å². The summed E-state index contributed by atoms with van der Waals surface area (Å²) in [6.45, 7) is 2.00. The predicted octanol–water partition coefficient (Wildman–Crippen LogP) is 4.18. The largest absolute Gasteiger partial charge is 0.307 e. The lowest BCUT2D eigenvalue weighted by Gasteiger charge is -2.16. The average molecular weight is 332 g/mol. The Morgan fingerprint density at radius 2 is 2.24 bits per heavy atom.